The molecule has 0 radical (unpaired) electrons. The van der Waals surface area contributed by atoms with Crippen molar-refractivity contribution in [3.8, 4) is 0 Å². The van der Waals surface area contributed by atoms with Gasteiger partial charge < -0.3 is 5.11 Å². The summed E-state index contributed by atoms with van der Waals surface area (Å²) in [4.78, 5) is 23.6. The van der Waals surface area contributed by atoms with Crippen LogP contribution in [0.5, 0.6) is 0 Å². The summed E-state index contributed by atoms with van der Waals surface area (Å²) in [7, 11) is 0. The number of benzene rings is 2. The molecule has 8 heteroatoms. The van der Waals surface area contributed by atoms with Crippen molar-refractivity contribution in [3.05, 3.63) is 93.0 Å². The monoisotopic (exact) mass is 383 g/mol. The number of carbonyl (C=O) groups is 1. The van der Waals surface area contributed by atoms with E-state index >= 15 is 0 Å². The van der Waals surface area contributed by atoms with E-state index in [1.54, 1.807) is 30.3 Å². The molecule has 0 saturated carbocycles. The van der Waals surface area contributed by atoms with Crippen molar-refractivity contribution >= 4 is 11.5 Å². The number of nitrogens with zero attached hydrogens (tertiary/aromatic N) is 3. The minimum atomic E-state index is -1.58. The molecule has 0 unspecified atom stereocenters. The van der Waals surface area contributed by atoms with Gasteiger partial charge in [0.25, 0.3) is 0 Å². The number of rotatable bonds is 6. The van der Waals surface area contributed by atoms with Gasteiger partial charge in [0.1, 0.15) is 29.4 Å². The quantitative estimate of drug-likeness (QED) is 0.400. The highest BCUT2D eigenvalue weighted by molar-refractivity contribution is 5.99. The molecule has 1 N–H and O–H groups in total. The minimum Gasteiger partial charge on any atom is -0.382 e. The Hall–Kier alpha value is -3.39. The zero-order chi connectivity index (χ0) is 20.4. The molecule has 0 aliphatic rings. The number of nitro groups is 1. The highest BCUT2D eigenvalue weighted by Gasteiger charge is 2.34. The van der Waals surface area contributed by atoms with E-state index in [0.717, 1.165) is 0 Å². The standard InChI is InChI=1S/C20H18FN3O4/c1-12-17(24(27)28)13(2)23(22-12)18(14-8-10-16(21)11-9-14)20(26)19(25)15-6-4-3-5-7-15/h3-11,18,20,26H,1-2H3/t18-,20-/m0/s1. The Balaban J connectivity index is 2.14. The molecule has 2 atom stereocenters. The summed E-state index contributed by atoms with van der Waals surface area (Å²) < 4.78 is 14.6. The Morgan fingerprint density at radius 1 is 1.14 bits per heavy atom. The summed E-state index contributed by atoms with van der Waals surface area (Å²) in [5.74, 6) is -1.05. The summed E-state index contributed by atoms with van der Waals surface area (Å²) in [6.45, 7) is 2.98. The molecule has 1 aromatic heterocycles. The van der Waals surface area contributed by atoms with Gasteiger partial charge in [-0.3, -0.25) is 19.6 Å². The van der Waals surface area contributed by atoms with Gasteiger partial charge in [0.15, 0.2) is 5.78 Å². The second kappa shape index (κ2) is 7.69. The first-order valence-corrected chi connectivity index (χ1v) is 8.54. The van der Waals surface area contributed by atoms with E-state index in [-0.39, 0.29) is 22.6 Å². The van der Waals surface area contributed by atoms with Gasteiger partial charge in [-0.05, 0) is 31.5 Å². The van der Waals surface area contributed by atoms with Crippen molar-refractivity contribution in [3.63, 3.8) is 0 Å². The molecular weight excluding hydrogens is 365 g/mol. The lowest BCUT2D eigenvalue weighted by molar-refractivity contribution is -0.386. The van der Waals surface area contributed by atoms with Crippen LogP contribution in [0.2, 0.25) is 0 Å². The number of aryl methyl sites for hydroxylation is 1. The van der Waals surface area contributed by atoms with E-state index in [9.17, 15) is 24.4 Å². The van der Waals surface area contributed by atoms with Crippen LogP contribution >= 0.6 is 0 Å². The van der Waals surface area contributed by atoms with Crippen LogP contribution in [-0.2, 0) is 0 Å². The van der Waals surface area contributed by atoms with Crippen LogP contribution in [0.1, 0.15) is 33.4 Å². The molecule has 0 spiro atoms. The molecule has 2 aromatic carbocycles. The van der Waals surface area contributed by atoms with Crippen molar-refractivity contribution < 1.29 is 19.2 Å². The number of carbonyl (C=O) groups excluding carboxylic acids is 1. The van der Waals surface area contributed by atoms with Gasteiger partial charge >= 0.3 is 5.69 Å². The first-order chi connectivity index (χ1) is 13.3. The lowest BCUT2D eigenvalue weighted by Gasteiger charge is -2.24. The van der Waals surface area contributed by atoms with Crippen molar-refractivity contribution in [1.82, 2.24) is 9.78 Å². The number of halogens is 1. The average Bonchev–Trinajstić information content (AvgIpc) is 2.97. The highest BCUT2D eigenvalue weighted by Crippen LogP contribution is 2.31. The summed E-state index contributed by atoms with van der Waals surface area (Å²) in [6.07, 6.45) is -1.58. The number of Topliss-reactive ketones (excluding diaryl/α,β-unsaturated/α-hetero) is 1. The zero-order valence-corrected chi connectivity index (χ0v) is 15.2. The molecule has 1 heterocycles. The Morgan fingerprint density at radius 3 is 2.29 bits per heavy atom. The maximum Gasteiger partial charge on any atom is 0.312 e. The molecule has 144 valence electrons. The molecule has 0 aliphatic heterocycles. The SMILES string of the molecule is Cc1nn([C@@H](c2ccc(F)cc2)[C@H](O)C(=O)c2ccccc2)c(C)c1[N+](=O)[O-]. The summed E-state index contributed by atoms with van der Waals surface area (Å²) in [5, 5.41) is 26.5. The normalized spacial score (nSPS) is 13.1. The van der Waals surface area contributed by atoms with E-state index in [1.807, 2.05) is 0 Å². The Labute approximate surface area is 160 Å². The van der Waals surface area contributed by atoms with Gasteiger partial charge in [-0.15, -0.1) is 0 Å². The van der Waals surface area contributed by atoms with Crippen molar-refractivity contribution in [1.29, 1.82) is 0 Å². The topological polar surface area (TPSA) is 98.3 Å². The fraction of sp³-hybridized carbons (Fsp3) is 0.200. The molecule has 0 amide bonds. The number of aromatic nitrogens is 2. The Kier molecular flexibility index (Phi) is 5.32. The average molecular weight is 383 g/mol. The molecule has 3 aromatic rings. The first kappa shape index (κ1) is 19.4. The number of hydrogen-bond donors (Lipinski definition) is 1. The fourth-order valence-corrected chi connectivity index (χ4v) is 3.22. The molecule has 0 saturated heterocycles. The molecule has 0 fully saturated rings. The molecule has 0 bridgehead atoms. The lowest BCUT2D eigenvalue weighted by Crippen LogP contribution is -2.34. The van der Waals surface area contributed by atoms with Gasteiger partial charge in [-0.1, -0.05) is 42.5 Å². The second-order valence-electron chi connectivity index (χ2n) is 6.39. The van der Waals surface area contributed by atoms with Crippen LogP contribution in [0, 0.1) is 29.8 Å². The van der Waals surface area contributed by atoms with Crippen LogP contribution < -0.4 is 0 Å². The highest BCUT2D eigenvalue weighted by atomic mass is 19.1. The van der Waals surface area contributed by atoms with Crippen LogP contribution in [-0.4, -0.2) is 31.7 Å². The van der Waals surface area contributed by atoms with Gasteiger partial charge in [-0.25, -0.2) is 4.39 Å². The maximum absolute atomic E-state index is 13.4. The lowest BCUT2D eigenvalue weighted by atomic mass is 9.95. The molecule has 0 aliphatic carbocycles. The molecule has 28 heavy (non-hydrogen) atoms. The largest absolute Gasteiger partial charge is 0.382 e. The predicted octanol–water partition coefficient (Wildman–Crippen LogP) is 3.38. The van der Waals surface area contributed by atoms with E-state index in [0.29, 0.717) is 5.56 Å². The summed E-state index contributed by atoms with van der Waals surface area (Å²) >= 11 is 0. The second-order valence-corrected chi connectivity index (χ2v) is 6.39. The van der Waals surface area contributed by atoms with Crippen LogP contribution in [0.25, 0.3) is 0 Å². The summed E-state index contributed by atoms with van der Waals surface area (Å²) in [6, 6.07) is 12.4. The predicted molar refractivity (Wildman–Crippen MR) is 99.7 cm³/mol. The molecule has 7 nitrogen and oxygen atoms in total. The third kappa shape index (κ3) is 3.54. The van der Waals surface area contributed by atoms with Crippen molar-refractivity contribution in [2.24, 2.45) is 0 Å². The smallest absolute Gasteiger partial charge is 0.312 e. The van der Waals surface area contributed by atoms with E-state index in [4.69, 9.17) is 0 Å². The molecule has 3 rings (SSSR count). The molecular formula is C20H18FN3O4. The Bertz CT molecular complexity index is 1020. The number of ketones is 1. The van der Waals surface area contributed by atoms with Gasteiger partial charge in [0.2, 0.25) is 0 Å². The minimum absolute atomic E-state index is 0.161. The maximum atomic E-state index is 13.4. The fourth-order valence-electron chi connectivity index (χ4n) is 3.22. The van der Waals surface area contributed by atoms with E-state index in [1.165, 1.54) is 42.8 Å². The van der Waals surface area contributed by atoms with Gasteiger partial charge in [0.05, 0.1) is 4.92 Å². The van der Waals surface area contributed by atoms with Crippen LogP contribution in [0.4, 0.5) is 10.1 Å². The third-order valence-corrected chi connectivity index (χ3v) is 4.57. The van der Waals surface area contributed by atoms with Crippen LogP contribution in [0.15, 0.2) is 54.6 Å². The Morgan fingerprint density at radius 2 is 1.75 bits per heavy atom. The van der Waals surface area contributed by atoms with Gasteiger partial charge in [-0.2, -0.15) is 5.10 Å². The van der Waals surface area contributed by atoms with E-state index in [2.05, 4.69) is 5.10 Å². The first-order valence-electron chi connectivity index (χ1n) is 8.54. The zero-order valence-electron chi connectivity index (χ0n) is 15.2. The van der Waals surface area contributed by atoms with Gasteiger partial charge in [0, 0.05) is 5.56 Å². The van der Waals surface area contributed by atoms with Crippen molar-refractivity contribution in [2.45, 2.75) is 26.0 Å². The number of hydrogen-bond acceptors (Lipinski definition) is 5. The number of aliphatic hydroxyl groups is 1. The van der Waals surface area contributed by atoms with Crippen molar-refractivity contribution in [2.75, 3.05) is 0 Å². The third-order valence-electron chi connectivity index (χ3n) is 4.57. The summed E-state index contributed by atoms with van der Waals surface area (Å²) in [5.41, 5.74) is 0.856. The van der Waals surface area contributed by atoms with E-state index < -0.39 is 28.7 Å². The number of aliphatic hydroxyl groups excluding tert-OH is 1. The van der Waals surface area contributed by atoms with Crippen LogP contribution in [0.3, 0.4) is 0 Å².